The molecule has 3 amide bonds. The summed E-state index contributed by atoms with van der Waals surface area (Å²) in [6.45, 7) is 0. The van der Waals surface area contributed by atoms with Gasteiger partial charge in [-0.2, -0.15) is 0 Å². The average molecular weight is 420 g/mol. The Kier molecular flexibility index (Phi) is 6.01. The second kappa shape index (κ2) is 8.65. The molecule has 2 heterocycles. The number of carbonyl (C=O) groups excluding carboxylic acids is 2. The highest BCUT2D eigenvalue weighted by Crippen LogP contribution is 2.38. The first-order chi connectivity index (χ1) is 13.6. The number of anilines is 1. The predicted octanol–water partition coefficient (Wildman–Crippen LogP) is 3.40. The van der Waals surface area contributed by atoms with E-state index in [2.05, 4.69) is 20.6 Å². The van der Waals surface area contributed by atoms with Gasteiger partial charge in [-0.1, -0.05) is 31.0 Å². The maximum atomic E-state index is 12.1. The van der Waals surface area contributed by atoms with Gasteiger partial charge in [-0.15, -0.1) is 11.3 Å². The number of aromatic nitrogens is 2. The maximum absolute atomic E-state index is 12.1. The van der Waals surface area contributed by atoms with Gasteiger partial charge >= 0.3 is 6.03 Å². The number of thiophene rings is 1. The van der Waals surface area contributed by atoms with Gasteiger partial charge in [0.05, 0.1) is 11.1 Å². The van der Waals surface area contributed by atoms with Gasteiger partial charge in [0.1, 0.15) is 10.6 Å². The van der Waals surface area contributed by atoms with E-state index in [9.17, 15) is 9.59 Å². The Balaban J connectivity index is 1.34. The molecule has 0 aliphatic heterocycles. The minimum Gasteiger partial charge on any atom is -0.383 e. The molecule has 28 heavy (non-hydrogen) atoms. The van der Waals surface area contributed by atoms with Gasteiger partial charge in [-0.05, 0) is 44.1 Å². The lowest BCUT2D eigenvalue weighted by Crippen LogP contribution is -2.45. The monoisotopic (exact) mass is 419 g/mol. The van der Waals surface area contributed by atoms with Crippen LogP contribution in [0.4, 0.5) is 10.6 Å². The Morgan fingerprint density at radius 3 is 2.71 bits per heavy atom. The van der Waals surface area contributed by atoms with Crippen LogP contribution in [-0.4, -0.2) is 33.7 Å². The molecule has 0 radical (unpaired) electrons. The Morgan fingerprint density at radius 2 is 1.89 bits per heavy atom. The molecule has 7 nitrogen and oxygen atoms in total. The number of fused-ring (bicyclic) bond motifs is 3. The molecule has 0 bridgehead atoms. The van der Waals surface area contributed by atoms with Crippen LogP contribution in [-0.2, 0) is 17.6 Å². The largest absolute Gasteiger partial charge is 0.383 e. The van der Waals surface area contributed by atoms with E-state index in [0.717, 1.165) is 48.7 Å². The number of nitrogens with two attached hydrogens (primary N) is 1. The van der Waals surface area contributed by atoms with Crippen molar-refractivity contribution in [2.24, 2.45) is 0 Å². The van der Waals surface area contributed by atoms with Crippen LogP contribution in [0.2, 0.25) is 0 Å². The lowest BCUT2D eigenvalue weighted by Gasteiger charge is -2.22. The maximum Gasteiger partial charge on any atom is 0.321 e. The van der Waals surface area contributed by atoms with E-state index in [1.54, 1.807) is 11.3 Å². The number of hydrogen-bond donors (Lipinski definition) is 3. The summed E-state index contributed by atoms with van der Waals surface area (Å²) in [4.78, 5) is 35.3. The third-order valence-electron chi connectivity index (χ3n) is 5.35. The van der Waals surface area contributed by atoms with Crippen LogP contribution in [0.15, 0.2) is 5.16 Å². The number of thioether (sulfide) groups is 1. The van der Waals surface area contributed by atoms with Gasteiger partial charge in [0.15, 0.2) is 5.16 Å². The van der Waals surface area contributed by atoms with E-state index < -0.39 is 6.03 Å². The summed E-state index contributed by atoms with van der Waals surface area (Å²) in [5, 5.41) is 6.74. The van der Waals surface area contributed by atoms with Crippen LogP contribution < -0.4 is 16.4 Å². The average Bonchev–Trinajstić information content (AvgIpc) is 3.06. The topological polar surface area (TPSA) is 110 Å². The summed E-state index contributed by atoms with van der Waals surface area (Å²) in [5.41, 5.74) is 7.50. The molecule has 1 fully saturated rings. The van der Waals surface area contributed by atoms with Crippen LogP contribution in [0.1, 0.15) is 55.4 Å². The Labute approximate surface area is 172 Å². The van der Waals surface area contributed by atoms with E-state index in [-0.39, 0.29) is 17.7 Å². The zero-order chi connectivity index (χ0) is 19.5. The highest BCUT2D eigenvalue weighted by atomic mass is 32.2. The molecule has 2 aliphatic rings. The minimum atomic E-state index is -0.417. The highest BCUT2D eigenvalue weighted by molar-refractivity contribution is 7.99. The van der Waals surface area contributed by atoms with Gasteiger partial charge in [0.2, 0.25) is 5.91 Å². The number of nitrogens with zero attached hydrogens (tertiary/aromatic N) is 2. The molecule has 9 heteroatoms. The first-order valence-electron chi connectivity index (χ1n) is 9.91. The standard InChI is InChI=1S/C19H25N5O2S2/c20-16-15-12-8-4-5-9-13(12)28-17(15)24-19(23-16)27-10-14(25)22-18(26)21-11-6-2-1-3-7-11/h11H,1-10H2,(H2,20,23,24)(H2,21,22,25,26). The summed E-state index contributed by atoms with van der Waals surface area (Å²) in [6.07, 6.45) is 9.93. The third kappa shape index (κ3) is 4.41. The summed E-state index contributed by atoms with van der Waals surface area (Å²) in [6, 6.07) is -0.246. The molecule has 4 rings (SSSR count). The van der Waals surface area contributed by atoms with Crippen molar-refractivity contribution < 1.29 is 9.59 Å². The molecule has 2 aromatic rings. The molecule has 0 aromatic carbocycles. The molecule has 1 saturated carbocycles. The second-order valence-corrected chi connectivity index (χ2v) is 9.45. The number of rotatable bonds is 4. The summed E-state index contributed by atoms with van der Waals surface area (Å²) in [5.74, 6) is 0.210. The molecule has 2 aromatic heterocycles. The first-order valence-corrected chi connectivity index (χ1v) is 11.7. The van der Waals surface area contributed by atoms with Crippen molar-refractivity contribution in [3.63, 3.8) is 0 Å². The fourth-order valence-electron chi connectivity index (χ4n) is 3.99. The molecule has 150 valence electrons. The predicted molar refractivity (Wildman–Crippen MR) is 113 cm³/mol. The number of nitrogen functional groups attached to an aromatic ring is 1. The van der Waals surface area contributed by atoms with Gasteiger partial charge < -0.3 is 11.1 Å². The van der Waals surface area contributed by atoms with Crippen molar-refractivity contribution in [1.29, 1.82) is 0 Å². The SMILES string of the molecule is Nc1nc(SCC(=O)NC(=O)NC2CCCCC2)nc2sc3c(c12)CCCC3. The molecule has 2 aliphatic carbocycles. The van der Waals surface area contributed by atoms with Crippen molar-refractivity contribution in [2.75, 3.05) is 11.5 Å². The minimum absolute atomic E-state index is 0.0775. The van der Waals surface area contributed by atoms with E-state index in [1.807, 2.05) is 0 Å². The summed E-state index contributed by atoms with van der Waals surface area (Å²) in [7, 11) is 0. The van der Waals surface area contributed by atoms with Gasteiger partial charge in [-0.25, -0.2) is 14.8 Å². The number of urea groups is 1. The summed E-state index contributed by atoms with van der Waals surface area (Å²) < 4.78 is 0. The molecular weight excluding hydrogens is 394 g/mol. The van der Waals surface area contributed by atoms with Crippen LogP contribution in [0.5, 0.6) is 0 Å². The lowest BCUT2D eigenvalue weighted by atomic mass is 9.96. The quantitative estimate of drug-likeness (QED) is 0.517. The van der Waals surface area contributed by atoms with Gasteiger partial charge in [0.25, 0.3) is 0 Å². The second-order valence-electron chi connectivity index (χ2n) is 7.43. The van der Waals surface area contributed by atoms with Crippen LogP contribution in [0.25, 0.3) is 10.2 Å². The molecule has 4 N–H and O–H groups in total. The number of nitrogens with one attached hydrogen (secondary N) is 2. The van der Waals surface area contributed by atoms with Crippen LogP contribution in [0, 0.1) is 0 Å². The zero-order valence-corrected chi connectivity index (χ0v) is 17.4. The van der Waals surface area contributed by atoms with Gasteiger partial charge in [-0.3, -0.25) is 10.1 Å². The number of imide groups is 1. The molecular formula is C19H25N5O2S2. The molecule has 0 atom stereocenters. The van der Waals surface area contributed by atoms with Gasteiger partial charge in [0, 0.05) is 10.9 Å². The molecule has 0 unspecified atom stereocenters. The fourth-order valence-corrected chi connectivity index (χ4v) is 5.97. The van der Waals surface area contributed by atoms with E-state index in [0.29, 0.717) is 11.0 Å². The number of hydrogen-bond acceptors (Lipinski definition) is 7. The van der Waals surface area contributed by atoms with Crippen molar-refractivity contribution in [3.8, 4) is 0 Å². The highest BCUT2D eigenvalue weighted by Gasteiger charge is 2.21. The van der Waals surface area contributed by atoms with Crippen molar-refractivity contribution in [2.45, 2.75) is 69.0 Å². The van der Waals surface area contributed by atoms with E-state index >= 15 is 0 Å². The zero-order valence-electron chi connectivity index (χ0n) is 15.8. The van der Waals surface area contributed by atoms with Crippen molar-refractivity contribution in [3.05, 3.63) is 10.4 Å². The van der Waals surface area contributed by atoms with Crippen LogP contribution in [0.3, 0.4) is 0 Å². The number of aryl methyl sites for hydroxylation is 2. The normalized spacial score (nSPS) is 17.3. The Morgan fingerprint density at radius 1 is 1.11 bits per heavy atom. The Hall–Kier alpha value is -1.87. The smallest absolute Gasteiger partial charge is 0.321 e. The third-order valence-corrected chi connectivity index (χ3v) is 7.38. The van der Waals surface area contributed by atoms with E-state index in [4.69, 9.17) is 5.73 Å². The fraction of sp³-hybridized carbons (Fsp3) is 0.579. The van der Waals surface area contributed by atoms with E-state index in [1.165, 1.54) is 41.5 Å². The van der Waals surface area contributed by atoms with Crippen molar-refractivity contribution in [1.82, 2.24) is 20.6 Å². The van der Waals surface area contributed by atoms with Crippen LogP contribution >= 0.6 is 23.1 Å². The molecule has 0 saturated heterocycles. The number of carbonyl (C=O) groups is 2. The molecule has 0 spiro atoms. The first kappa shape index (κ1) is 19.4. The Bertz CT molecular complexity index is 892. The lowest BCUT2D eigenvalue weighted by molar-refractivity contribution is -0.117. The summed E-state index contributed by atoms with van der Waals surface area (Å²) >= 11 is 2.89. The number of amides is 3. The van der Waals surface area contributed by atoms with Crippen molar-refractivity contribution >= 4 is 51.1 Å².